The van der Waals surface area contributed by atoms with Crippen molar-refractivity contribution in [2.24, 2.45) is 0 Å². The highest BCUT2D eigenvalue weighted by Gasteiger charge is 2.15. The van der Waals surface area contributed by atoms with E-state index in [9.17, 15) is 4.39 Å². The molecule has 0 aliphatic carbocycles. The zero-order valence-electron chi connectivity index (χ0n) is 10.8. The molecule has 0 radical (unpaired) electrons. The Morgan fingerprint density at radius 3 is 3.00 bits per heavy atom. The largest absolute Gasteiger partial charge is 0.313 e. The van der Waals surface area contributed by atoms with Crippen molar-refractivity contribution in [3.63, 3.8) is 0 Å². The third-order valence-corrected chi connectivity index (χ3v) is 3.89. The number of piperidine rings is 1. The number of benzene rings is 1. The van der Waals surface area contributed by atoms with E-state index in [-0.39, 0.29) is 5.82 Å². The molecule has 1 aromatic carbocycles. The molecule has 0 aromatic heterocycles. The van der Waals surface area contributed by atoms with Crippen molar-refractivity contribution >= 4 is 15.9 Å². The Morgan fingerprint density at radius 2 is 2.28 bits per heavy atom. The minimum absolute atomic E-state index is 0.123. The number of nitrogens with one attached hydrogen (secondary N) is 1. The molecule has 4 heteroatoms. The molecule has 0 amide bonds. The number of hydrogen-bond acceptors (Lipinski definition) is 2. The van der Waals surface area contributed by atoms with Crippen LogP contribution >= 0.6 is 15.9 Å². The Labute approximate surface area is 117 Å². The molecule has 1 heterocycles. The van der Waals surface area contributed by atoms with Crippen molar-refractivity contribution in [1.29, 1.82) is 0 Å². The summed E-state index contributed by atoms with van der Waals surface area (Å²) in [5.41, 5.74) is 0.752. The van der Waals surface area contributed by atoms with Gasteiger partial charge in [0.1, 0.15) is 5.82 Å². The van der Waals surface area contributed by atoms with E-state index in [1.807, 2.05) is 6.07 Å². The van der Waals surface area contributed by atoms with E-state index in [1.165, 1.54) is 25.3 Å². The number of rotatable bonds is 4. The quantitative estimate of drug-likeness (QED) is 0.918. The van der Waals surface area contributed by atoms with Gasteiger partial charge in [-0.25, -0.2) is 4.39 Å². The van der Waals surface area contributed by atoms with Crippen LogP contribution in [0.3, 0.4) is 0 Å². The Balaban J connectivity index is 1.89. The maximum atomic E-state index is 13.6. The lowest BCUT2D eigenvalue weighted by Gasteiger charge is -2.28. The van der Waals surface area contributed by atoms with Gasteiger partial charge in [0.15, 0.2) is 0 Å². The predicted molar refractivity (Wildman–Crippen MR) is 76.1 cm³/mol. The van der Waals surface area contributed by atoms with E-state index < -0.39 is 0 Å². The normalized spacial score (nSPS) is 20.3. The first kappa shape index (κ1) is 14.0. The van der Waals surface area contributed by atoms with E-state index >= 15 is 0 Å². The summed E-state index contributed by atoms with van der Waals surface area (Å²) < 4.78 is 14.6. The molecule has 1 N–H and O–H groups in total. The van der Waals surface area contributed by atoms with Gasteiger partial charge in [0.2, 0.25) is 0 Å². The molecule has 1 saturated heterocycles. The van der Waals surface area contributed by atoms with Gasteiger partial charge in [-0.1, -0.05) is 22.4 Å². The van der Waals surface area contributed by atoms with Gasteiger partial charge in [-0.3, -0.25) is 0 Å². The van der Waals surface area contributed by atoms with Gasteiger partial charge in [-0.05, 0) is 44.6 Å². The molecule has 0 bridgehead atoms. The topological polar surface area (TPSA) is 15.3 Å². The maximum absolute atomic E-state index is 13.6. The first-order chi connectivity index (χ1) is 8.65. The van der Waals surface area contributed by atoms with Crippen LogP contribution in [0.15, 0.2) is 22.7 Å². The van der Waals surface area contributed by atoms with E-state index in [1.54, 1.807) is 6.07 Å². The van der Waals surface area contributed by atoms with Gasteiger partial charge < -0.3 is 10.2 Å². The summed E-state index contributed by atoms with van der Waals surface area (Å²) in [6.07, 6.45) is 3.81. The van der Waals surface area contributed by atoms with E-state index in [2.05, 4.69) is 33.2 Å². The van der Waals surface area contributed by atoms with Gasteiger partial charge in [0.05, 0.1) is 0 Å². The van der Waals surface area contributed by atoms with Crippen LogP contribution < -0.4 is 5.32 Å². The van der Waals surface area contributed by atoms with Gasteiger partial charge >= 0.3 is 0 Å². The third kappa shape index (κ3) is 4.04. The lowest BCUT2D eigenvalue weighted by atomic mass is 10.0. The molecule has 0 spiro atoms. The number of nitrogens with zero attached hydrogens (tertiary/aromatic N) is 1. The second-order valence-electron chi connectivity index (χ2n) is 5.08. The zero-order chi connectivity index (χ0) is 13.0. The maximum Gasteiger partial charge on any atom is 0.127 e. The van der Waals surface area contributed by atoms with Crippen LogP contribution in [0.25, 0.3) is 0 Å². The Hall–Kier alpha value is -0.450. The monoisotopic (exact) mass is 314 g/mol. The Kier molecular flexibility index (Phi) is 5.15. The number of likely N-dealkylation sites (N-methyl/N-ethyl adjacent to an activating group) is 1. The van der Waals surface area contributed by atoms with Crippen molar-refractivity contribution in [2.75, 3.05) is 20.1 Å². The Morgan fingerprint density at radius 1 is 1.44 bits per heavy atom. The summed E-state index contributed by atoms with van der Waals surface area (Å²) in [5.74, 6) is -0.123. The van der Waals surface area contributed by atoms with Crippen molar-refractivity contribution < 1.29 is 4.39 Å². The molecule has 1 aromatic rings. The minimum atomic E-state index is -0.123. The fourth-order valence-electron chi connectivity index (χ4n) is 2.48. The van der Waals surface area contributed by atoms with E-state index in [0.29, 0.717) is 12.6 Å². The van der Waals surface area contributed by atoms with Crippen LogP contribution in [0, 0.1) is 5.82 Å². The number of halogens is 2. The highest BCUT2D eigenvalue weighted by Crippen LogP contribution is 2.17. The van der Waals surface area contributed by atoms with Gasteiger partial charge in [0.25, 0.3) is 0 Å². The predicted octanol–water partition coefficient (Wildman–Crippen LogP) is 3.16. The molecule has 1 aliphatic heterocycles. The summed E-state index contributed by atoms with van der Waals surface area (Å²) in [6, 6.07) is 5.67. The fourth-order valence-corrected chi connectivity index (χ4v) is 2.88. The molecule has 1 unspecified atom stereocenters. The molecular weight excluding hydrogens is 295 g/mol. The summed E-state index contributed by atoms with van der Waals surface area (Å²) in [6.45, 7) is 2.75. The summed E-state index contributed by atoms with van der Waals surface area (Å²) in [4.78, 5) is 2.19. The molecular formula is C14H20BrFN2. The SMILES string of the molecule is CN(Cc1cc(Br)ccc1F)CC1CCCCN1. The first-order valence-corrected chi connectivity index (χ1v) is 7.30. The average molecular weight is 315 g/mol. The summed E-state index contributed by atoms with van der Waals surface area (Å²) in [5, 5.41) is 3.52. The molecule has 1 fully saturated rings. The van der Waals surface area contributed by atoms with Gasteiger partial charge in [0, 0.05) is 29.2 Å². The molecule has 1 aliphatic rings. The smallest absolute Gasteiger partial charge is 0.127 e. The molecule has 1 atom stereocenters. The molecule has 2 nitrogen and oxygen atoms in total. The number of hydrogen-bond donors (Lipinski definition) is 1. The lowest BCUT2D eigenvalue weighted by molar-refractivity contribution is 0.254. The fraction of sp³-hybridized carbons (Fsp3) is 0.571. The van der Waals surface area contributed by atoms with E-state index in [0.717, 1.165) is 23.1 Å². The first-order valence-electron chi connectivity index (χ1n) is 6.51. The van der Waals surface area contributed by atoms with Crippen molar-refractivity contribution in [1.82, 2.24) is 10.2 Å². The van der Waals surface area contributed by atoms with Crippen LogP contribution in [0.1, 0.15) is 24.8 Å². The van der Waals surface area contributed by atoms with E-state index in [4.69, 9.17) is 0 Å². The van der Waals surface area contributed by atoms with Gasteiger partial charge in [-0.2, -0.15) is 0 Å². The standard InChI is InChI=1S/C14H20BrFN2/c1-18(10-13-4-2-3-7-17-13)9-11-8-12(15)5-6-14(11)16/h5-6,8,13,17H,2-4,7,9-10H2,1H3. The highest BCUT2D eigenvalue weighted by atomic mass is 79.9. The van der Waals surface area contributed by atoms with Crippen LogP contribution in [0.2, 0.25) is 0 Å². The molecule has 100 valence electrons. The van der Waals surface area contributed by atoms with Gasteiger partial charge in [-0.15, -0.1) is 0 Å². The van der Waals surface area contributed by atoms with Crippen LogP contribution in [0.5, 0.6) is 0 Å². The molecule has 18 heavy (non-hydrogen) atoms. The Bertz CT molecular complexity index is 391. The lowest BCUT2D eigenvalue weighted by Crippen LogP contribution is -2.42. The van der Waals surface area contributed by atoms with Crippen molar-refractivity contribution in [3.05, 3.63) is 34.1 Å². The second kappa shape index (κ2) is 6.64. The average Bonchev–Trinajstić information content (AvgIpc) is 2.35. The third-order valence-electron chi connectivity index (χ3n) is 3.39. The van der Waals surface area contributed by atoms with Crippen LogP contribution in [-0.2, 0) is 6.54 Å². The summed E-state index contributed by atoms with van der Waals surface area (Å²) >= 11 is 3.39. The zero-order valence-corrected chi connectivity index (χ0v) is 12.3. The molecule has 0 saturated carbocycles. The highest BCUT2D eigenvalue weighted by molar-refractivity contribution is 9.10. The van der Waals surface area contributed by atoms with Crippen molar-refractivity contribution in [2.45, 2.75) is 31.8 Å². The van der Waals surface area contributed by atoms with Crippen molar-refractivity contribution in [3.8, 4) is 0 Å². The minimum Gasteiger partial charge on any atom is -0.313 e. The molecule has 2 rings (SSSR count). The second-order valence-corrected chi connectivity index (χ2v) is 5.99. The van der Waals surface area contributed by atoms with Crippen LogP contribution in [-0.4, -0.2) is 31.1 Å². The summed E-state index contributed by atoms with van der Waals surface area (Å²) in [7, 11) is 2.05. The van der Waals surface area contributed by atoms with Crippen LogP contribution in [0.4, 0.5) is 4.39 Å².